The summed E-state index contributed by atoms with van der Waals surface area (Å²) in [6, 6.07) is 11.9. The fourth-order valence-electron chi connectivity index (χ4n) is 1.57. The Kier molecular flexibility index (Phi) is 3.82. The van der Waals surface area contributed by atoms with E-state index in [1.165, 1.54) is 24.3 Å². The molecule has 2 aromatic carbocycles. The van der Waals surface area contributed by atoms with Gasteiger partial charge in [-0.3, -0.25) is 4.72 Å². The lowest BCUT2D eigenvalue weighted by molar-refractivity contribution is 0.598. The summed E-state index contributed by atoms with van der Waals surface area (Å²) in [4.78, 5) is 0.0808. The molecule has 2 rings (SSSR count). The quantitative estimate of drug-likeness (QED) is 0.900. The first-order chi connectivity index (χ1) is 9.03. The van der Waals surface area contributed by atoms with E-state index in [2.05, 4.69) is 4.72 Å². The number of hydrogen-bond acceptors (Lipinski definition) is 3. The number of anilines is 1. The Hall–Kier alpha value is -1.92. The van der Waals surface area contributed by atoms with Gasteiger partial charge in [0.25, 0.3) is 10.0 Å². The highest BCUT2D eigenvalue weighted by Gasteiger charge is 2.15. The van der Waals surface area contributed by atoms with Crippen molar-refractivity contribution in [2.45, 2.75) is 11.4 Å². The van der Waals surface area contributed by atoms with Crippen LogP contribution in [0.3, 0.4) is 0 Å². The molecule has 0 unspecified atom stereocenters. The van der Waals surface area contributed by atoms with E-state index in [0.717, 1.165) is 0 Å². The minimum absolute atomic E-state index is 0.0808. The van der Waals surface area contributed by atoms with Crippen LogP contribution in [0.2, 0.25) is 0 Å². The zero-order chi connectivity index (χ0) is 13.9. The third kappa shape index (κ3) is 3.10. The van der Waals surface area contributed by atoms with E-state index in [9.17, 15) is 12.8 Å². The van der Waals surface area contributed by atoms with E-state index in [0.29, 0.717) is 5.56 Å². The van der Waals surface area contributed by atoms with Crippen molar-refractivity contribution < 1.29 is 12.8 Å². The Morgan fingerprint density at radius 3 is 2.37 bits per heavy atom. The maximum absolute atomic E-state index is 13.7. The second-order valence-electron chi connectivity index (χ2n) is 3.94. The van der Waals surface area contributed by atoms with E-state index < -0.39 is 15.8 Å². The minimum atomic E-state index is -3.78. The molecular formula is C13H13FN2O2S. The van der Waals surface area contributed by atoms with Crippen LogP contribution in [0.4, 0.5) is 10.1 Å². The van der Waals surface area contributed by atoms with E-state index in [-0.39, 0.29) is 17.1 Å². The van der Waals surface area contributed by atoms with Gasteiger partial charge in [-0.25, -0.2) is 12.8 Å². The number of nitrogens with one attached hydrogen (secondary N) is 1. The molecular weight excluding hydrogens is 267 g/mol. The average Bonchev–Trinajstić information content (AvgIpc) is 2.42. The van der Waals surface area contributed by atoms with Crippen LogP contribution in [0.5, 0.6) is 0 Å². The van der Waals surface area contributed by atoms with Gasteiger partial charge < -0.3 is 5.73 Å². The summed E-state index contributed by atoms with van der Waals surface area (Å²) in [7, 11) is -3.78. The summed E-state index contributed by atoms with van der Waals surface area (Å²) in [6.45, 7) is 0.197. The first kappa shape index (κ1) is 13.5. The molecule has 0 saturated heterocycles. The fraction of sp³-hybridized carbons (Fsp3) is 0.0769. The number of nitrogens with two attached hydrogens (primary N) is 1. The third-order valence-corrected chi connectivity index (χ3v) is 3.95. The van der Waals surface area contributed by atoms with E-state index in [1.54, 1.807) is 24.3 Å². The Morgan fingerprint density at radius 2 is 1.79 bits per heavy atom. The molecule has 0 aliphatic rings. The van der Waals surface area contributed by atoms with Gasteiger partial charge >= 0.3 is 0 Å². The number of halogens is 1. The molecule has 4 nitrogen and oxygen atoms in total. The molecule has 0 radical (unpaired) electrons. The lowest BCUT2D eigenvalue weighted by Crippen LogP contribution is -2.14. The largest absolute Gasteiger partial charge is 0.326 e. The smallest absolute Gasteiger partial charge is 0.261 e. The molecule has 0 saturated carbocycles. The molecule has 2 aromatic rings. The first-order valence-corrected chi connectivity index (χ1v) is 7.07. The summed E-state index contributed by atoms with van der Waals surface area (Å²) >= 11 is 0. The molecule has 0 heterocycles. The predicted octanol–water partition coefficient (Wildman–Crippen LogP) is 2.09. The number of hydrogen-bond donors (Lipinski definition) is 2. The summed E-state index contributed by atoms with van der Waals surface area (Å²) in [5.41, 5.74) is 5.88. The van der Waals surface area contributed by atoms with Gasteiger partial charge in [0, 0.05) is 6.54 Å². The Bertz CT molecular complexity index is 672. The highest BCUT2D eigenvalue weighted by Crippen LogP contribution is 2.20. The lowest BCUT2D eigenvalue weighted by atomic mass is 10.2. The van der Waals surface area contributed by atoms with Gasteiger partial charge in [-0.2, -0.15) is 0 Å². The molecule has 3 N–H and O–H groups in total. The maximum atomic E-state index is 13.7. The molecule has 0 amide bonds. The number of rotatable bonds is 4. The topological polar surface area (TPSA) is 72.2 Å². The summed E-state index contributed by atoms with van der Waals surface area (Å²) < 4.78 is 39.9. The molecule has 0 aromatic heterocycles. The van der Waals surface area contributed by atoms with Crippen LogP contribution >= 0.6 is 0 Å². The highest BCUT2D eigenvalue weighted by atomic mass is 32.2. The monoisotopic (exact) mass is 280 g/mol. The Labute approximate surface area is 111 Å². The second kappa shape index (κ2) is 5.38. The van der Waals surface area contributed by atoms with Crippen molar-refractivity contribution in [1.82, 2.24) is 0 Å². The number of benzene rings is 2. The molecule has 100 valence electrons. The van der Waals surface area contributed by atoms with Crippen LogP contribution in [-0.4, -0.2) is 8.42 Å². The van der Waals surface area contributed by atoms with Gasteiger partial charge in [-0.05, 0) is 29.8 Å². The fourth-order valence-corrected chi connectivity index (χ4v) is 2.66. The van der Waals surface area contributed by atoms with Crippen LogP contribution in [0.1, 0.15) is 5.56 Å². The van der Waals surface area contributed by atoms with E-state index >= 15 is 0 Å². The number of sulfonamides is 1. The first-order valence-electron chi connectivity index (χ1n) is 5.59. The predicted molar refractivity (Wildman–Crippen MR) is 71.5 cm³/mol. The molecule has 0 bridgehead atoms. The van der Waals surface area contributed by atoms with Crippen molar-refractivity contribution in [2.24, 2.45) is 5.73 Å². The standard InChI is InChI=1S/C13H13FN2O2S/c14-12-8-10(9-15)6-7-13(12)16-19(17,18)11-4-2-1-3-5-11/h1-8,16H,9,15H2. The molecule has 0 spiro atoms. The molecule has 6 heteroatoms. The van der Waals surface area contributed by atoms with E-state index in [4.69, 9.17) is 5.73 Å². The zero-order valence-corrected chi connectivity index (χ0v) is 10.8. The van der Waals surface area contributed by atoms with Crippen LogP contribution in [0.15, 0.2) is 53.4 Å². The second-order valence-corrected chi connectivity index (χ2v) is 5.62. The van der Waals surface area contributed by atoms with E-state index in [1.807, 2.05) is 0 Å². The third-order valence-electron chi connectivity index (χ3n) is 2.57. The summed E-state index contributed by atoms with van der Waals surface area (Å²) in [5, 5.41) is 0. The Balaban J connectivity index is 2.31. The van der Waals surface area contributed by atoms with Crippen molar-refractivity contribution in [3.05, 3.63) is 59.9 Å². The molecule has 0 aliphatic heterocycles. The SMILES string of the molecule is NCc1ccc(NS(=O)(=O)c2ccccc2)c(F)c1. The van der Waals surface area contributed by atoms with Gasteiger partial charge in [0.1, 0.15) is 5.82 Å². The van der Waals surface area contributed by atoms with Crippen molar-refractivity contribution in [2.75, 3.05) is 4.72 Å². The van der Waals surface area contributed by atoms with Crippen molar-refractivity contribution >= 4 is 15.7 Å². The minimum Gasteiger partial charge on any atom is -0.326 e. The van der Waals surface area contributed by atoms with Gasteiger partial charge in [0.2, 0.25) is 0 Å². The van der Waals surface area contributed by atoms with Crippen molar-refractivity contribution in [3.63, 3.8) is 0 Å². The normalized spacial score (nSPS) is 11.3. The van der Waals surface area contributed by atoms with Gasteiger partial charge in [-0.15, -0.1) is 0 Å². The molecule has 0 atom stereocenters. The van der Waals surface area contributed by atoms with Gasteiger partial charge in [0.15, 0.2) is 0 Å². The van der Waals surface area contributed by atoms with Crippen LogP contribution < -0.4 is 10.5 Å². The molecule has 0 aliphatic carbocycles. The van der Waals surface area contributed by atoms with Gasteiger partial charge in [0.05, 0.1) is 10.6 Å². The maximum Gasteiger partial charge on any atom is 0.261 e. The van der Waals surface area contributed by atoms with Crippen LogP contribution in [-0.2, 0) is 16.6 Å². The van der Waals surface area contributed by atoms with Crippen LogP contribution in [0.25, 0.3) is 0 Å². The zero-order valence-electron chi connectivity index (χ0n) is 10.0. The van der Waals surface area contributed by atoms with Crippen LogP contribution in [0, 0.1) is 5.82 Å². The van der Waals surface area contributed by atoms with Gasteiger partial charge in [-0.1, -0.05) is 24.3 Å². The molecule has 0 fully saturated rings. The van der Waals surface area contributed by atoms with Crippen molar-refractivity contribution in [1.29, 1.82) is 0 Å². The summed E-state index contributed by atoms with van der Waals surface area (Å²) in [6.07, 6.45) is 0. The summed E-state index contributed by atoms with van der Waals surface area (Å²) in [5.74, 6) is -0.651. The molecule has 19 heavy (non-hydrogen) atoms. The average molecular weight is 280 g/mol. The highest BCUT2D eigenvalue weighted by molar-refractivity contribution is 7.92. The van der Waals surface area contributed by atoms with Crippen molar-refractivity contribution in [3.8, 4) is 0 Å². The lowest BCUT2D eigenvalue weighted by Gasteiger charge is -2.09. The Morgan fingerprint density at radius 1 is 1.11 bits per heavy atom.